The third-order valence-corrected chi connectivity index (χ3v) is 3.45. The lowest BCUT2D eigenvalue weighted by Gasteiger charge is -2.21. The maximum Gasteiger partial charge on any atom is 0.227 e. The topological polar surface area (TPSA) is 51.0 Å². The second kappa shape index (κ2) is 6.48. The SMILES string of the molecule is Cc1noc(CCN[C@H](C)[C@H](C)c2ccccc2)n1. The predicted octanol–water partition coefficient (Wildman–Crippen LogP) is 2.70. The lowest BCUT2D eigenvalue weighted by Crippen LogP contribution is -2.32. The number of nitrogens with zero attached hydrogens (tertiary/aromatic N) is 2. The van der Waals surface area contributed by atoms with E-state index in [2.05, 4.69) is 53.6 Å². The molecule has 1 N–H and O–H groups in total. The summed E-state index contributed by atoms with van der Waals surface area (Å²) in [5.41, 5.74) is 1.36. The molecule has 1 aromatic carbocycles. The van der Waals surface area contributed by atoms with E-state index in [0.29, 0.717) is 23.7 Å². The maximum atomic E-state index is 5.09. The fraction of sp³-hybridized carbons (Fsp3) is 0.467. The minimum Gasteiger partial charge on any atom is -0.339 e. The van der Waals surface area contributed by atoms with Crippen molar-refractivity contribution in [3.8, 4) is 0 Å². The number of aromatic nitrogens is 2. The monoisotopic (exact) mass is 259 g/mol. The average molecular weight is 259 g/mol. The molecule has 0 aliphatic carbocycles. The Morgan fingerprint density at radius 1 is 1.21 bits per heavy atom. The van der Waals surface area contributed by atoms with Crippen molar-refractivity contribution >= 4 is 0 Å². The second-order valence-corrected chi connectivity index (χ2v) is 4.93. The zero-order valence-electron chi connectivity index (χ0n) is 11.8. The molecule has 0 aliphatic rings. The van der Waals surface area contributed by atoms with Crippen molar-refractivity contribution in [1.29, 1.82) is 0 Å². The first kappa shape index (κ1) is 13.7. The molecule has 19 heavy (non-hydrogen) atoms. The summed E-state index contributed by atoms with van der Waals surface area (Å²) < 4.78 is 5.09. The van der Waals surface area contributed by atoms with Crippen molar-refractivity contribution in [3.63, 3.8) is 0 Å². The lowest BCUT2D eigenvalue weighted by atomic mass is 9.94. The van der Waals surface area contributed by atoms with Crippen LogP contribution in [0.25, 0.3) is 0 Å². The largest absolute Gasteiger partial charge is 0.339 e. The van der Waals surface area contributed by atoms with Gasteiger partial charge in [-0.15, -0.1) is 0 Å². The highest BCUT2D eigenvalue weighted by Crippen LogP contribution is 2.18. The van der Waals surface area contributed by atoms with Crippen LogP contribution in [0.5, 0.6) is 0 Å². The van der Waals surface area contributed by atoms with Crippen LogP contribution >= 0.6 is 0 Å². The Bertz CT molecular complexity index is 495. The summed E-state index contributed by atoms with van der Waals surface area (Å²) in [6.07, 6.45) is 0.771. The van der Waals surface area contributed by atoms with E-state index in [1.54, 1.807) is 0 Å². The van der Waals surface area contributed by atoms with Crippen molar-refractivity contribution in [2.45, 2.75) is 39.2 Å². The van der Waals surface area contributed by atoms with Gasteiger partial charge in [-0.3, -0.25) is 0 Å². The normalized spacial score (nSPS) is 14.3. The first-order chi connectivity index (χ1) is 9.16. The smallest absolute Gasteiger partial charge is 0.227 e. The fourth-order valence-electron chi connectivity index (χ4n) is 2.07. The van der Waals surface area contributed by atoms with Crippen LogP contribution in [-0.4, -0.2) is 22.7 Å². The van der Waals surface area contributed by atoms with Crippen LogP contribution < -0.4 is 5.32 Å². The Balaban J connectivity index is 1.79. The molecule has 0 saturated carbocycles. The van der Waals surface area contributed by atoms with E-state index in [-0.39, 0.29) is 0 Å². The van der Waals surface area contributed by atoms with Crippen molar-refractivity contribution < 1.29 is 4.52 Å². The minimum atomic E-state index is 0.409. The second-order valence-electron chi connectivity index (χ2n) is 4.93. The van der Waals surface area contributed by atoms with Gasteiger partial charge in [-0.25, -0.2) is 0 Å². The van der Waals surface area contributed by atoms with E-state index in [1.165, 1.54) is 5.56 Å². The zero-order valence-corrected chi connectivity index (χ0v) is 11.8. The molecule has 0 spiro atoms. The van der Waals surface area contributed by atoms with Gasteiger partial charge in [0.1, 0.15) is 0 Å². The summed E-state index contributed by atoms with van der Waals surface area (Å²) in [5, 5.41) is 7.29. The van der Waals surface area contributed by atoms with Crippen LogP contribution in [0.2, 0.25) is 0 Å². The van der Waals surface area contributed by atoms with Crippen molar-refractivity contribution in [3.05, 3.63) is 47.6 Å². The molecule has 0 unspecified atom stereocenters. The van der Waals surface area contributed by atoms with Crippen LogP contribution in [0.4, 0.5) is 0 Å². The summed E-state index contributed by atoms with van der Waals surface area (Å²) in [7, 11) is 0. The zero-order chi connectivity index (χ0) is 13.7. The van der Waals surface area contributed by atoms with Gasteiger partial charge in [-0.1, -0.05) is 42.4 Å². The Morgan fingerprint density at radius 3 is 2.58 bits per heavy atom. The standard InChI is InChI=1S/C15H21N3O/c1-11(14-7-5-4-6-8-14)12(2)16-10-9-15-17-13(3)18-19-15/h4-8,11-12,16H,9-10H2,1-3H3/t11-,12+/m0/s1. The molecular formula is C15H21N3O. The Morgan fingerprint density at radius 2 is 1.95 bits per heavy atom. The fourth-order valence-corrected chi connectivity index (χ4v) is 2.07. The van der Waals surface area contributed by atoms with Gasteiger partial charge in [0.15, 0.2) is 5.82 Å². The quantitative estimate of drug-likeness (QED) is 0.866. The molecule has 1 aromatic heterocycles. The number of hydrogen-bond acceptors (Lipinski definition) is 4. The van der Waals surface area contributed by atoms with Crippen LogP contribution in [0.1, 0.15) is 37.0 Å². The van der Waals surface area contributed by atoms with E-state index in [1.807, 2.05) is 13.0 Å². The van der Waals surface area contributed by atoms with E-state index in [4.69, 9.17) is 4.52 Å². The van der Waals surface area contributed by atoms with E-state index >= 15 is 0 Å². The summed E-state index contributed by atoms with van der Waals surface area (Å²) in [4.78, 5) is 4.19. The summed E-state index contributed by atoms with van der Waals surface area (Å²) in [5.74, 6) is 1.87. The molecule has 0 amide bonds. The van der Waals surface area contributed by atoms with Gasteiger partial charge in [0.05, 0.1) is 0 Å². The lowest BCUT2D eigenvalue weighted by molar-refractivity contribution is 0.367. The summed E-state index contributed by atoms with van der Waals surface area (Å²) in [6, 6.07) is 11.0. The molecule has 0 aliphatic heterocycles. The third-order valence-electron chi connectivity index (χ3n) is 3.45. The van der Waals surface area contributed by atoms with Crippen LogP contribution in [0.15, 0.2) is 34.9 Å². The van der Waals surface area contributed by atoms with Gasteiger partial charge in [0.25, 0.3) is 0 Å². The summed E-state index contributed by atoms with van der Waals surface area (Å²) >= 11 is 0. The average Bonchev–Trinajstić information content (AvgIpc) is 2.84. The Labute approximate surface area is 114 Å². The molecule has 4 nitrogen and oxygen atoms in total. The van der Waals surface area contributed by atoms with E-state index < -0.39 is 0 Å². The number of hydrogen-bond donors (Lipinski definition) is 1. The minimum absolute atomic E-state index is 0.409. The molecule has 2 atom stereocenters. The molecule has 4 heteroatoms. The predicted molar refractivity (Wildman–Crippen MR) is 75.1 cm³/mol. The van der Waals surface area contributed by atoms with Crippen molar-refractivity contribution in [2.75, 3.05) is 6.54 Å². The molecular weight excluding hydrogens is 238 g/mol. The van der Waals surface area contributed by atoms with E-state index in [9.17, 15) is 0 Å². The number of aryl methyl sites for hydroxylation is 1. The van der Waals surface area contributed by atoms with Crippen molar-refractivity contribution in [2.24, 2.45) is 0 Å². The van der Waals surface area contributed by atoms with Gasteiger partial charge < -0.3 is 9.84 Å². The first-order valence-electron chi connectivity index (χ1n) is 6.74. The molecule has 0 saturated heterocycles. The number of nitrogens with one attached hydrogen (secondary N) is 1. The van der Waals surface area contributed by atoms with Gasteiger partial charge in [0.2, 0.25) is 5.89 Å². The molecule has 0 bridgehead atoms. The summed E-state index contributed by atoms with van der Waals surface area (Å²) in [6.45, 7) is 7.13. The molecule has 0 fully saturated rings. The molecule has 1 heterocycles. The van der Waals surface area contributed by atoms with Gasteiger partial charge in [-0.05, 0) is 25.3 Å². The first-order valence-corrected chi connectivity index (χ1v) is 6.74. The number of rotatable bonds is 6. The maximum absolute atomic E-state index is 5.09. The molecule has 2 rings (SSSR count). The highest BCUT2D eigenvalue weighted by atomic mass is 16.5. The molecule has 0 radical (unpaired) electrons. The van der Waals surface area contributed by atoms with Crippen molar-refractivity contribution in [1.82, 2.24) is 15.5 Å². The van der Waals surface area contributed by atoms with Crippen LogP contribution in [0, 0.1) is 6.92 Å². The highest BCUT2D eigenvalue weighted by molar-refractivity contribution is 5.20. The van der Waals surface area contributed by atoms with Gasteiger partial charge in [0, 0.05) is 19.0 Å². The van der Waals surface area contributed by atoms with Gasteiger partial charge in [-0.2, -0.15) is 4.98 Å². The van der Waals surface area contributed by atoms with Gasteiger partial charge >= 0.3 is 0 Å². The molecule has 2 aromatic rings. The number of benzene rings is 1. The van der Waals surface area contributed by atoms with E-state index in [0.717, 1.165) is 13.0 Å². The van der Waals surface area contributed by atoms with Crippen LogP contribution in [-0.2, 0) is 6.42 Å². The molecule has 102 valence electrons. The highest BCUT2D eigenvalue weighted by Gasteiger charge is 2.13. The third kappa shape index (κ3) is 3.89. The Hall–Kier alpha value is -1.68. The Kier molecular flexibility index (Phi) is 4.68. The van der Waals surface area contributed by atoms with Crippen LogP contribution in [0.3, 0.4) is 0 Å².